The smallest absolute Gasteiger partial charge is 0.247 e. The van der Waals surface area contributed by atoms with Crippen molar-refractivity contribution in [2.24, 2.45) is 0 Å². The molecule has 0 aliphatic carbocycles. The Balaban J connectivity index is 1.66. The molecule has 0 amide bonds. The third kappa shape index (κ3) is 4.51. The fourth-order valence-electron chi connectivity index (χ4n) is 3.32. The highest BCUT2D eigenvalue weighted by Gasteiger charge is 2.26. The van der Waals surface area contributed by atoms with Crippen molar-refractivity contribution >= 4 is 23.1 Å². The molecule has 1 atom stereocenters. The number of anilines is 2. The number of benzene rings is 2. The van der Waals surface area contributed by atoms with Crippen molar-refractivity contribution < 1.29 is 4.74 Å². The Morgan fingerprint density at radius 2 is 1.83 bits per heavy atom. The highest BCUT2D eigenvalue weighted by atomic mass is 32.2. The number of nitrogens with zero attached hydrogens (tertiary/aromatic N) is 4. The molecule has 30 heavy (non-hydrogen) atoms. The van der Waals surface area contributed by atoms with Crippen LogP contribution in [-0.4, -0.2) is 35.0 Å². The second-order valence-corrected chi connectivity index (χ2v) is 8.54. The highest BCUT2D eigenvalue weighted by Crippen LogP contribution is 2.39. The lowest BCUT2D eigenvalue weighted by molar-refractivity contribution is 0.225. The van der Waals surface area contributed by atoms with Gasteiger partial charge in [0.25, 0.3) is 0 Å². The molecule has 0 saturated carbocycles. The van der Waals surface area contributed by atoms with E-state index < -0.39 is 0 Å². The average Bonchev–Trinajstić information content (AvgIpc) is 2.93. The third-order valence-electron chi connectivity index (χ3n) is 5.02. The van der Waals surface area contributed by atoms with E-state index in [2.05, 4.69) is 51.6 Å². The summed E-state index contributed by atoms with van der Waals surface area (Å²) in [6.07, 6.45) is 3.19. The van der Waals surface area contributed by atoms with E-state index in [1.807, 2.05) is 38.4 Å². The summed E-state index contributed by atoms with van der Waals surface area (Å²) in [5.41, 5.74) is 4.74. The number of rotatable bonds is 7. The van der Waals surface area contributed by atoms with Crippen LogP contribution in [0.15, 0.2) is 53.7 Å². The molecule has 0 bridgehead atoms. The number of hydrogen-bond acceptors (Lipinski definition) is 7. The van der Waals surface area contributed by atoms with E-state index in [1.54, 1.807) is 11.8 Å². The first-order chi connectivity index (χ1) is 14.7. The maximum Gasteiger partial charge on any atom is 0.247 e. The zero-order chi connectivity index (χ0) is 20.9. The summed E-state index contributed by atoms with van der Waals surface area (Å²) in [5, 5.41) is 13.0. The molecule has 7 heteroatoms. The Morgan fingerprint density at radius 1 is 1.03 bits per heavy atom. The summed E-state index contributed by atoms with van der Waals surface area (Å²) in [4.78, 5) is 6.79. The highest BCUT2D eigenvalue weighted by molar-refractivity contribution is 7.99. The van der Waals surface area contributed by atoms with Crippen LogP contribution in [0.25, 0.3) is 11.3 Å². The van der Waals surface area contributed by atoms with Crippen LogP contribution in [0.2, 0.25) is 0 Å². The molecule has 0 spiro atoms. The van der Waals surface area contributed by atoms with Crippen LogP contribution in [0.1, 0.15) is 38.0 Å². The number of thioether (sulfide) groups is 1. The Hall–Kier alpha value is -2.80. The van der Waals surface area contributed by atoms with Gasteiger partial charge in [-0.2, -0.15) is 4.98 Å². The van der Waals surface area contributed by atoms with Crippen LogP contribution in [0.5, 0.6) is 5.88 Å². The van der Waals surface area contributed by atoms with E-state index in [0.717, 1.165) is 34.7 Å². The van der Waals surface area contributed by atoms with E-state index >= 15 is 0 Å². The van der Waals surface area contributed by atoms with Gasteiger partial charge in [0.05, 0.1) is 0 Å². The third-order valence-corrected chi connectivity index (χ3v) is 5.95. The summed E-state index contributed by atoms with van der Waals surface area (Å²) in [6.45, 7) is 2.20. The van der Waals surface area contributed by atoms with E-state index in [9.17, 15) is 0 Å². The summed E-state index contributed by atoms with van der Waals surface area (Å²) in [6, 6.07) is 16.4. The van der Waals surface area contributed by atoms with Crippen molar-refractivity contribution in [3.8, 4) is 17.1 Å². The van der Waals surface area contributed by atoms with Gasteiger partial charge < -0.3 is 15.0 Å². The normalized spacial score (nSPS) is 14.7. The van der Waals surface area contributed by atoms with Gasteiger partial charge in [0.1, 0.15) is 0 Å². The largest absolute Gasteiger partial charge is 0.448 e. The molecule has 156 valence electrons. The van der Waals surface area contributed by atoms with E-state index in [4.69, 9.17) is 9.72 Å². The van der Waals surface area contributed by atoms with Crippen molar-refractivity contribution in [1.29, 1.82) is 0 Å². The molecule has 3 aromatic rings. The molecule has 6 nitrogen and oxygen atoms in total. The number of nitrogens with one attached hydrogen (secondary N) is 1. The number of fused-ring (bicyclic) bond motifs is 3. The number of unbranched alkanes of at least 4 members (excludes halogenated alkanes) is 2. The predicted molar refractivity (Wildman–Crippen MR) is 123 cm³/mol. The van der Waals surface area contributed by atoms with Crippen molar-refractivity contribution in [2.45, 2.75) is 37.6 Å². The molecule has 1 N–H and O–H groups in total. The maximum absolute atomic E-state index is 6.34. The lowest BCUT2D eigenvalue weighted by Crippen LogP contribution is -2.17. The molecule has 2 heterocycles. The standard InChI is InChI=1S/C23H27N5OS/c1-4-5-8-15-30-23-25-22-20(26-27-23)18-9-6-7-10-19(18)24-21(29-22)16-11-13-17(14-12-16)28(2)3/h6-7,9-14,21,24H,4-5,8,15H2,1-3H3. The van der Waals surface area contributed by atoms with Gasteiger partial charge in [-0.15, -0.1) is 10.2 Å². The molecule has 1 aliphatic heterocycles. The minimum Gasteiger partial charge on any atom is -0.448 e. The lowest BCUT2D eigenvalue weighted by atomic mass is 10.1. The van der Waals surface area contributed by atoms with Crippen molar-refractivity contribution in [2.75, 3.05) is 30.1 Å². The van der Waals surface area contributed by atoms with Crippen molar-refractivity contribution in [3.63, 3.8) is 0 Å². The molecule has 0 radical (unpaired) electrons. The summed E-state index contributed by atoms with van der Waals surface area (Å²) < 4.78 is 6.34. The van der Waals surface area contributed by atoms with Gasteiger partial charge in [-0.25, -0.2) is 0 Å². The van der Waals surface area contributed by atoms with Crippen LogP contribution >= 0.6 is 11.8 Å². The second kappa shape index (κ2) is 9.34. The monoisotopic (exact) mass is 421 g/mol. The Kier molecular flexibility index (Phi) is 6.38. The second-order valence-electron chi connectivity index (χ2n) is 7.48. The first-order valence-electron chi connectivity index (χ1n) is 10.3. The van der Waals surface area contributed by atoms with Crippen molar-refractivity contribution in [1.82, 2.24) is 15.2 Å². The Labute approximate surface area is 182 Å². The fraction of sp³-hybridized carbons (Fsp3) is 0.348. The molecule has 0 saturated heterocycles. The van der Waals surface area contributed by atoms with Crippen LogP contribution in [0, 0.1) is 0 Å². The molecule has 4 rings (SSSR count). The van der Waals surface area contributed by atoms with Gasteiger partial charge in [0, 0.05) is 42.3 Å². The molecular formula is C23H27N5OS. The summed E-state index contributed by atoms with van der Waals surface area (Å²) >= 11 is 1.63. The number of aromatic nitrogens is 3. The zero-order valence-electron chi connectivity index (χ0n) is 17.6. The van der Waals surface area contributed by atoms with E-state index in [-0.39, 0.29) is 6.23 Å². The summed E-state index contributed by atoms with van der Waals surface area (Å²) in [7, 11) is 4.06. The van der Waals surface area contributed by atoms with Gasteiger partial charge in [-0.3, -0.25) is 0 Å². The minimum absolute atomic E-state index is 0.363. The molecule has 2 aromatic carbocycles. The molecule has 1 unspecified atom stereocenters. The number of ether oxygens (including phenoxy) is 1. The molecule has 1 aromatic heterocycles. The maximum atomic E-state index is 6.34. The molecular weight excluding hydrogens is 394 g/mol. The van der Waals surface area contributed by atoms with Crippen LogP contribution in [0.4, 0.5) is 11.4 Å². The number of para-hydroxylation sites is 1. The van der Waals surface area contributed by atoms with Gasteiger partial charge in [-0.05, 0) is 24.6 Å². The van der Waals surface area contributed by atoms with Crippen LogP contribution in [0.3, 0.4) is 0 Å². The SMILES string of the molecule is CCCCCSc1nnc2c(n1)OC(c1ccc(N(C)C)cc1)Nc1ccccc1-2. The minimum atomic E-state index is -0.363. The first kappa shape index (κ1) is 20.5. The fourth-order valence-corrected chi connectivity index (χ4v) is 4.10. The molecule has 0 fully saturated rings. The van der Waals surface area contributed by atoms with Gasteiger partial charge in [0.2, 0.25) is 11.0 Å². The van der Waals surface area contributed by atoms with Gasteiger partial charge in [0.15, 0.2) is 11.9 Å². The van der Waals surface area contributed by atoms with Crippen LogP contribution in [-0.2, 0) is 0 Å². The van der Waals surface area contributed by atoms with Crippen LogP contribution < -0.4 is 15.0 Å². The quantitative estimate of drug-likeness (QED) is 0.405. The van der Waals surface area contributed by atoms with E-state index in [0.29, 0.717) is 16.7 Å². The lowest BCUT2D eigenvalue weighted by Gasteiger charge is -2.20. The topological polar surface area (TPSA) is 63.2 Å². The Morgan fingerprint density at radius 3 is 2.60 bits per heavy atom. The zero-order valence-corrected chi connectivity index (χ0v) is 18.4. The van der Waals surface area contributed by atoms with Crippen molar-refractivity contribution in [3.05, 3.63) is 54.1 Å². The first-order valence-corrected chi connectivity index (χ1v) is 11.3. The predicted octanol–water partition coefficient (Wildman–Crippen LogP) is 5.39. The average molecular weight is 422 g/mol. The Bertz CT molecular complexity index is 993. The summed E-state index contributed by atoms with van der Waals surface area (Å²) in [5.74, 6) is 1.50. The number of hydrogen-bond donors (Lipinski definition) is 1. The van der Waals surface area contributed by atoms with Gasteiger partial charge in [-0.1, -0.05) is 61.9 Å². The van der Waals surface area contributed by atoms with E-state index in [1.165, 1.54) is 12.8 Å². The molecule has 1 aliphatic rings. The van der Waals surface area contributed by atoms with Gasteiger partial charge >= 0.3 is 0 Å².